The highest BCUT2D eigenvalue weighted by atomic mass is 19.1. The Labute approximate surface area is 335 Å². The van der Waals surface area contributed by atoms with Gasteiger partial charge in [-0.05, 0) is 110 Å². The maximum Gasteiger partial charge on any atom is 0.303 e. The van der Waals surface area contributed by atoms with Crippen LogP contribution in [0.15, 0.2) is 12.1 Å². The number of amides is 2. The quantitative estimate of drug-likeness (QED) is 0.159. The van der Waals surface area contributed by atoms with Crippen LogP contribution >= 0.6 is 0 Å². The Hall–Kier alpha value is -3.61. The Morgan fingerprint density at radius 1 is 0.807 bits per heavy atom. The molecule has 2 amide bonds. The van der Waals surface area contributed by atoms with Crippen LogP contribution in [-0.2, 0) is 49.5 Å². The van der Waals surface area contributed by atoms with E-state index in [1.54, 1.807) is 0 Å². The van der Waals surface area contributed by atoms with Gasteiger partial charge in [0.15, 0.2) is 12.2 Å². The predicted molar refractivity (Wildman–Crippen MR) is 205 cm³/mol. The molecule has 4 aliphatic carbocycles. The Bertz CT molecular complexity index is 1690. The minimum atomic E-state index is -1.37. The molecule has 4 saturated carbocycles. The fraction of sp³-hybridized carbons (Fsp3) is 0.750. The number of hydrogen-bond acceptors (Lipinski definition) is 9. The second-order valence-electron chi connectivity index (χ2n) is 18.2. The fourth-order valence-corrected chi connectivity index (χ4v) is 12.3. The second kappa shape index (κ2) is 17.7. The van der Waals surface area contributed by atoms with Gasteiger partial charge in [0, 0.05) is 50.9 Å². The summed E-state index contributed by atoms with van der Waals surface area (Å²) in [6, 6.07) is 1.75. The van der Waals surface area contributed by atoms with Crippen LogP contribution in [0.5, 0.6) is 0 Å². The van der Waals surface area contributed by atoms with Crippen molar-refractivity contribution in [2.24, 2.45) is 46.3 Å². The molecule has 0 radical (unpaired) electrons. The van der Waals surface area contributed by atoms with Crippen LogP contribution in [0.25, 0.3) is 0 Å². The maximum absolute atomic E-state index is 15.3. The Balaban J connectivity index is 1.00. The van der Waals surface area contributed by atoms with Crippen molar-refractivity contribution < 1.29 is 51.7 Å². The summed E-state index contributed by atoms with van der Waals surface area (Å²) in [6.45, 7) is 9.80. The molecule has 1 aliphatic heterocycles. The third-order valence-corrected chi connectivity index (χ3v) is 14.9. The highest BCUT2D eigenvalue weighted by molar-refractivity contribution is 5.84. The first-order valence-electron chi connectivity index (χ1n) is 21.2. The van der Waals surface area contributed by atoms with E-state index in [4.69, 9.17) is 18.9 Å². The normalized spacial score (nSPS) is 34.8. The van der Waals surface area contributed by atoms with Crippen LogP contribution in [0.2, 0.25) is 0 Å². The van der Waals surface area contributed by atoms with Gasteiger partial charge in [-0.2, -0.15) is 0 Å². The number of hydrogen-bond donors (Lipinski definition) is 2. The zero-order valence-electron chi connectivity index (χ0n) is 34.5. The first kappa shape index (κ1) is 43.0. The maximum atomic E-state index is 15.3. The Kier molecular flexibility index (Phi) is 13.4. The van der Waals surface area contributed by atoms with Gasteiger partial charge in [-0.15, -0.1) is 0 Å². The molecule has 2 N–H and O–H groups in total. The minimum absolute atomic E-state index is 0.101. The molecular formula is C44H62F2N2O9. The van der Waals surface area contributed by atoms with Gasteiger partial charge in [-0.3, -0.25) is 24.0 Å². The summed E-state index contributed by atoms with van der Waals surface area (Å²) in [7, 11) is 0. The molecule has 11 nitrogen and oxygen atoms in total. The summed E-state index contributed by atoms with van der Waals surface area (Å²) in [5.41, 5.74) is 0.503. The number of nitrogens with one attached hydrogen (secondary N) is 2. The number of esters is 3. The highest BCUT2D eigenvalue weighted by Gasteiger charge is 2.60. The monoisotopic (exact) mass is 800 g/mol. The lowest BCUT2D eigenvalue weighted by molar-refractivity contribution is -0.165. The predicted octanol–water partition coefficient (Wildman–Crippen LogP) is 7.03. The SMILES string of the molecule is CC(=O)OC[C@H]1O[C@@H](c2cc(CNC(=O)CNC(=O)CC[C@@H](C)C3CC[C@@H]4C5CC[C@H]6CCCC[C@@]6(C)[C@@H]5CC[C@@]34C)c(F)cc2F)C(OC(C)=O)[C@H]1OC(C)=O. The summed E-state index contributed by atoms with van der Waals surface area (Å²) >= 11 is 0. The van der Waals surface area contributed by atoms with Crippen molar-refractivity contribution in [1.29, 1.82) is 0 Å². The number of rotatable bonds is 13. The summed E-state index contributed by atoms with van der Waals surface area (Å²) < 4.78 is 52.0. The van der Waals surface area contributed by atoms with Crippen molar-refractivity contribution in [3.63, 3.8) is 0 Å². The third kappa shape index (κ3) is 9.18. The molecule has 13 heteroatoms. The van der Waals surface area contributed by atoms with Gasteiger partial charge in [-0.25, -0.2) is 8.78 Å². The standard InChI is InChI=1S/C44H62F2N2O9/c1-24(32-13-14-33-30-12-11-29-9-7-8-17-43(29,5)34(30)16-18-44(32,33)6)10-15-38(52)48-22-39(53)47-21-28-19-31(36(46)20-35(28)45)40-42(56-27(4)51)41(55-26(3)50)37(57-40)23-54-25(2)49/h19-20,24,29-30,32-34,37,40-42H,7-18,21-23H2,1-6H3,(H,47,53)(H,48,52)/t24-,29-,30?,32?,33-,34-,37-,40+,41+,42?,43-,44+/m1/s1. The van der Waals surface area contributed by atoms with Crippen LogP contribution in [-0.4, -0.2) is 61.2 Å². The molecule has 0 aromatic heterocycles. The molecule has 1 saturated heterocycles. The van der Waals surface area contributed by atoms with Gasteiger partial charge in [-0.1, -0.05) is 33.6 Å². The van der Waals surface area contributed by atoms with Crippen LogP contribution in [0.4, 0.5) is 8.78 Å². The molecule has 57 heavy (non-hydrogen) atoms. The van der Waals surface area contributed by atoms with Crippen molar-refractivity contribution in [3.8, 4) is 0 Å². The van der Waals surface area contributed by atoms with E-state index in [-0.39, 0.29) is 36.7 Å². The van der Waals surface area contributed by atoms with E-state index < -0.39 is 59.9 Å². The first-order chi connectivity index (χ1) is 27.0. The van der Waals surface area contributed by atoms with Crippen molar-refractivity contribution in [2.75, 3.05) is 13.2 Å². The van der Waals surface area contributed by atoms with E-state index in [0.717, 1.165) is 56.9 Å². The van der Waals surface area contributed by atoms with E-state index in [1.807, 2.05) is 0 Å². The summed E-state index contributed by atoms with van der Waals surface area (Å²) in [5, 5.41) is 5.27. The number of carbonyl (C=O) groups is 5. The van der Waals surface area contributed by atoms with Crippen molar-refractivity contribution in [3.05, 3.63) is 34.9 Å². The summed E-state index contributed by atoms with van der Waals surface area (Å²) in [6.07, 6.45) is 9.44. The Morgan fingerprint density at radius 3 is 2.25 bits per heavy atom. The van der Waals surface area contributed by atoms with Gasteiger partial charge in [0.25, 0.3) is 0 Å². The van der Waals surface area contributed by atoms with Gasteiger partial charge < -0.3 is 29.6 Å². The van der Waals surface area contributed by atoms with Crippen molar-refractivity contribution in [2.45, 2.75) is 150 Å². The van der Waals surface area contributed by atoms with E-state index in [2.05, 4.69) is 31.4 Å². The molecule has 0 spiro atoms. The van der Waals surface area contributed by atoms with E-state index in [1.165, 1.54) is 64.2 Å². The van der Waals surface area contributed by atoms with Crippen LogP contribution in [0.1, 0.15) is 136 Å². The molecule has 0 bridgehead atoms. The second-order valence-corrected chi connectivity index (χ2v) is 18.2. The zero-order valence-corrected chi connectivity index (χ0v) is 34.5. The summed E-state index contributed by atoms with van der Waals surface area (Å²) in [4.78, 5) is 61.2. The van der Waals surface area contributed by atoms with Crippen molar-refractivity contribution in [1.82, 2.24) is 10.6 Å². The van der Waals surface area contributed by atoms with Crippen LogP contribution < -0.4 is 10.6 Å². The summed E-state index contributed by atoms with van der Waals surface area (Å²) in [5.74, 6) is -0.599. The average Bonchev–Trinajstić information content (AvgIpc) is 3.67. The van der Waals surface area contributed by atoms with Gasteiger partial charge in [0.1, 0.15) is 30.4 Å². The lowest BCUT2D eigenvalue weighted by Gasteiger charge is -2.61. The molecule has 12 atom stereocenters. The molecule has 1 aromatic carbocycles. The smallest absolute Gasteiger partial charge is 0.303 e. The lowest BCUT2D eigenvalue weighted by atomic mass is 9.44. The van der Waals surface area contributed by atoms with E-state index in [0.29, 0.717) is 35.2 Å². The molecule has 6 rings (SSSR count). The first-order valence-corrected chi connectivity index (χ1v) is 21.2. The topological polar surface area (TPSA) is 146 Å². The average molecular weight is 801 g/mol. The molecule has 1 aromatic rings. The third-order valence-electron chi connectivity index (χ3n) is 14.9. The molecule has 5 fully saturated rings. The van der Waals surface area contributed by atoms with Gasteiger partial charge >= 0.3 is 17.9 Å². The molecule has 3 unspecified atom stereocenters. The number of ether oxygens (including phenoxy) is 4. The largest absolute Gasteiger partial charge is 0.463 e. The number of halogens is 2. The molecule has 5 aliphatic rings. The zero-order chi connectivity index (χ0) is 41.2. The van der Waals surface area contributed by atoms with E-state index in [9.17, 15) is 24.0 Å². The number of carbonyl (C=O) groups excluding carboxylic acids is 5. The van der Waals surface area contributed by atoms with Crippen LogP contribution in [0, 0.1) is 58.0 Å². The Morgan fingerprint density at radius 2 is 1.53 bits per heavy atom. The van der Waals surface area contributed by atoms with E-state index >= 15 is 8.78 Å². The minimum Gasteiger partial charge on any atom is -0.463 e. The molecular weight excluding hydrogens is 738 g/mol. The fourth-order valence-electron chi connectivity index (χ4n) is 12.3. The highest BCUT2D eigenvalue weighted by Crippen LogP contribution is 2.68. The molecule has 316 valence electrons. The van der Waals surface area contributed by atoms with Crippen molar-refractivity contribution >= 4 is 29.7 Å². The molecule has 1 heterocycles. The lowest BCUT2D eigenvalue weighted by Crippen LogP contribution is -2.53. The number of benzene rings is 1. The van der Waals surface area contributed by atoms with Gasteiger partial charge in [0.05, 0.1) is 6.54 Å². The van der Waals surface area contributed by atoms with Gasteiger partial charge in [0.2, 0.25) is 11.8 Å². The number of fused-ring (bicyclic) bond motifs is 5. The van der Waals surface area contributed by atoms with Crippen LogP contribution in [0.3, 0.4) is 0 Å².